The first-order valence-corrected chi connectivity index (χ1v) is 6.64. The van der Waals surface area contributed by atoms with Gasteiger partial charge in [0.05, 0.1) is 0 Å². The molecule has 0 unspecified atom stereocenters. The molecule has 1 aromatic carbocycles. The van der Waals surface area contributed by atoms with E-state index in [0.29, 0.717) is 0 Å². The van der Waals surface area contributed by atoms with E-state index >= 15 is 0 Å². The molecule has 0 atom stereocenters. The highest BCUT2D eigenvalue weighted by atomic mass is 35.5. The first-order chi connectivity index (χ1) is 7.09. The summed E-state index contributed by atoms with van der Waals surface area (Å²) in [6, 6.07) is 5.64. The fourth-order valence-corrected chi connectivity index (χ4v) is 2.52. The maximum Gasteiger partial charge on any atom is 0.0453 e. The highest BCUT2D eigenvalue weighted by molar-refractivity contribution is 7.99. The predicted octanol–water partition coefficient (Wildman–Crippen LogP) is 4.45. The molecule has 2 N–H and O–H groups in total. The number of rotatable bonds is 5. The Hall–Kier alpha value is -0.340. The Morgan fingerprint density at radius 3 is 2.80 bits per heavy atom. The van der Waals surface area contributed by atoms with Gasteiger partial charge < -0.3 is 5.73 Å². The normalized spacial score (nSPS) is 10.9. The van der Waals surface area contributed by atoms with Gasteiger partial charge in [0.15, 0.2) is 0 Å². The third-order valence-electron chi connectivity index (χ3n) is 2.16. The lowest BCUT2D eigenvalue weighted by atomic mass is 10.1. The van der Waals surface area contributed by atoms with Crippen molar-refractivity contribution in [2.24, 2.45) is 5.92 Å². The number of nitrogen functional groups attached to an aromatic ring is 1. The van der Waals surface area contributed by atoms with Gasteiger partial charge in [-0.3, -0.25) is 0 Å². The van der Waals surface area contributed by atoms with Crippen LogP contribution in [0.2, 0.25) is 5.02 Å². The zero-order valence-corrected chi connectivity index (χ0v) is 10.9. The summed E-state index contributed by atoms with van der Waals surface area (Å²) in [4.78, 5) is 1.10. The van der Waals surface area contributed by atoms with Crippen molar-refractivity contribution in [2.75, 3.05) is 11.5 Å². The Kier molecular flexibility index (Phi) is 5.34. The maximum atomic E-state index is 5.91. The standard InChI is InChI=1S/C12H18ClNS/c1-9(2)4-3-7-15-12-8-10(13)5-6-11(12)14/h5-6,8-9H,3-4,7,14H2,1-2H3. The van der Waals surface area contributed by atoms with Crippen molar-refractivity contribution in [3.8, 4) is 0 Å². The van der Waals surface area contributed by atoms with Crippen LogP contribution in [0.15, 0.2) is 23.1 Å². The van der Waals surface area contributed by atoms with Gasteiger partial charge in [-0.05, 0) is 36.3 Å². The molecule has 0 heterocycles. The lowest BCUT2D eigenvalue weighted by Gasteiger charge is -2.07. The molecule has 15 heavy (non-hydrogen) atoms. The monoisotopic (exact) mass is 243 g/mol. The van der Waals surface area contributed by atoms with Gasteiger partial charge in [0.25, 0.3) is 0 Å². The molecule has 1 aromatic rings. The highest BCUT2D eigenvalue weighted by Gasteiger charge is 2.01. The summed E-state index contributed by atoms with van der Waals surface area (Å²) in [6.07, 6.45) is 2.50. The molecule has 0 saturated heterocycles. The van der Waals surface area contributed by atoms with Crippen LogP contribution in [0.25, 0.3) is 0 Å². The average Bonchev–Trinajstić information content (AvgIpc) is 2.17. The minimum Gasteiger partial charge on any atom is -0.398 e. The molecule has 84 valence electrons. The summed E-state index contributed by atoms with van der Waals surface area (Å²) in [5.74, 6) is 1.89. The lowest BCUT2D eigenvalue weighted by Crippen LogP contribution is -1.91. The quantitative estimate of drug-likeness (QED) is 0.470. The molecule has 0 bridgehead atoms. The van der Waals surface area contributed by atoms with Crippen molar-refractivity contribution in [2.45, 2.75) is 31.6 Å². The van der Waals surface area contributed by atoms with Crippen LogP contribution in [0.1, 0.15) is 26.7 Å². The lowest BCUT2D eigenvalue weighted by molar-refractivity contribution is 0.579. The van der Waals surface area contributed by atoms with Gasteiger partial charge in [-0.2, -0.15) is 0 Å². The van der Waals surface area contributed by atoms with E-state index in [1.807, 2.05) is 18.2 Å². The molecule has 0 radical (unpaired) electrons. The SMILES string of the molecule is CC(C)CCCSc1cc(Cl)ccc1N. The van der Waals surface area contributed by atoms with Crippen LogP contribution in [0.4, 0.5) is 5.69 Å². The third kappa shape index (κ3) is 4.80. The average molecular weight is 244 g/mol. The number of anilines is 1. The number of hydrogen-bond acceptors (Lipinski definition) is 2. The van der Waals surface area contributed by atoms with Crippen molar-refractivity contribution < 1.29 is 0 Å². The minimum atomic E-state index is 0.760. The molecular formula is C12H18ClNS. The first-order valence-electron chi connectivity index (χ1n) is 5.27. The molecule has 3 heteroatoms. The van der Waals surface area contributed by atoms with E-state index in [1.165, 1.54) is 12.8 Å². The van der Waals surface area contributed by atoms with E-state index in [1.54, 1.807) is 11.8 Å². The second-order valence-electron chi connectivity index (χ2n) is 4.07. The van der Waals surface area contributed by atoms with Crippen molar-refractivity contribution >= 4 is 29.1 Å². The van der Waals surface area contributed by atoms with Crippen LogP contribution >= 0.6 is 23.4 Å². The molecule has 0 aliphatic carbocycles. The van der Waals surface area contributed by atoms with Crippen molar-refractivity contribution in [1.29, 1.82) is 0 Å². The largest absolute Gasteiger partial charge is 0.398 e. The Bertz CT molecular complexity index is 312. The Morgan fingerprint density at radius 1 is 1.40 bits per heavy atom. The summed E-state index contributed by atoms with van der Waals surface area (Å²) in [6.45, 7) is 4.50. The maximum absolute atomic E-state index is 5.91. The van der Waals surface area contributed by atoms with E-state index in [-0.39, 0.29) is 0 Å². The smallest absolute Gasteiger partial charge is 0.0453 e. The van der Waals surface area contributed by atoms with Crippen molar-refractivity contribution in [1.82, 2.24) is 0 Å². The molecule has 0 amide bonds. The third-order valence-corrected chi connectivity index (χ3v) is 3.55. The second kappa shape index (κ2) is 6.29. The minimum absolute atomic E-state index is 0.760. The molecule has 0 aromatic heterocycles. The van der Waals surface area contributed by atoms with E-state index < -0.39 is 0 Å². The summed E-state index contributed by atoms with van der Waals surface area (Å²) >= 11 is 7.70. The molecule has 0 saturated carbocycles. The predicted molar refractivity (Wildman–Crippen MR) is 70.7 cm³/mol. The Balaban J connectivity index is 2.40. The molecule has 0 fully saturated rings. The zero-order valence-electron chi connectivity index (χ0n) is 9.29. The molecular weight excluding hydrogens is 226 g/mol. The van der Waals surface area contributed by atoms with Crippen LogP contribution in [0.3, 0.4) is 0 Å². The zero-order chi connectivity index (χ0) is 11.3. The van der Waals surface area contributed by atoms with Crippen LogP contribution in [-0.2, 0) is 0 Å². The fraction of sp³-hybridized carbons (Fsp3) is 0.500. The van der Waals surface area contributed by atoms with Gasteiger partial charge >= 0.3 is 0 Å². The fourth-order valence-electron chi connectivity index (χ4n) is 1.31. The molecule has 1 nitrogen and oxygen atoms in total. The highest BCUT2D eigenvalue weighted by Crippen LogP contribution is 2.28. The van der Waals surface area contributed by atoms with Gasteiger partial charge in [0.2, 0.25) is 0 Å². The van der Waals surface area contributed by atoms with Crippen LogP contribution in [-0.4, -0.2) is 5.75 Å². The number of halogens is 1. The van der Waals surface area contributed by atoms with Gasteiger partial charge in [0.1, 0.15) is 0 Å². The van der Waals surface area contributed by atoms with Gasteiger partial charge in [0, 0.05) is 15.6 Å². The Labute approximate surface area is 101 Å². The summed E-state index contributed by atoms with van der Waals surface area (Å²) in [5, 5.41) is 0.760. The van der Waals surface area contributed by atoms with E-state index in [4.69, 9.17) is 17.3 Å². The topological polar surface area (TPSA) is 26.0 Å². The van der Waals surface area contributed by atoms with Gasteiger partial charge in [-0.1, -0.05) is 31.9 Å². The second-order valence-corrected chi connectivity index (χ2v) is 5.64. The summed E-state index contributed by atoms with van der Waals surface area (Å²) in [5.41, 5.74) is 6.68. The first kappa shape index (κ1) is 12.7. The molecule has 0 aliphatic heterocycles. The van der Waals surface area contributed by atoms with Gasteiger partial charge in [-0.15, -0.1) is 11.8 Å². The molecule has 0 aliphatic rings. The van der Waals surface area contributed by atoms with Crippen LogP contribution < -0.4 is 5.73 Å². The summed E-state index contributed by atoms with van der Waals surface area (Å²) in [7, 11) is 0. The van der Waals surface area contributed by atoms with Crippen molar-refractivity contribution in [3.05, 3.63) is 23.2 Å². The van der Waals surface area contributed by atoms with Gasteiger partial charge in [-0.25, -0.2) is 0 Å². The number of thioether (sulfide) groups is 1. The Morgan fingerprint density at radius 2 is 2.13 bits per heavy atom. The van der Waals surface area contributed by atoms with Crippen LogP contribution in [0.5, 0.6) is 0 Å². The number of hydrogen-bond donors (Lipinski definition) is 1. The molecule has 1 rings (SSSR count). The van der Waals surface area contributed by atoms with Crippen molar-refractivity contribution in [3.63, 3.8) is 0 Å². The van der Waals surface area contributed by atoms with Crippen LogP contribution in [0, 0.1) is 5.92 Å². The van der Waals surface area contributed by atoms with E-state index in [0.717, 1.165) is 27.3 Å². The number of nitrogens with two attached hydrogens (primary N) is 1. The number of benzene rings is 1. The molecule has 0 spiro atoms. The van der Waals surface area contributed by atoms with E-state index in [9.17, 15) is 0 Å². The van der Waals surface area contributed by atoms with E-state index in [2.05, 4.69) is 13.8 Å². The summed E-state index contributed by atoms with van der Waals surface area (Å²) < 4.78 is 0.